The summed E-state index contributed by atoms with van der Waals surface area (Å²) < 4.78 is 15.8. The molecule has 188 valence electrons. The number of hydrogen-bond acceptors (Lipinski definition) is 8. The van der Waals surface area contributed by atoms with Crippen LogP contribution >= 0.6 is 11.6 Å². The Hall–Kier alpha value is -4.88. The molecule has 0 aliphatic carbocycles. The molecule has 0 bridgehead atoms. The lowest BCUT2D eigenvalue weighted by molar-refractivity contribution is -0.384. The summed E-state index contributed by atoms with van der Waals surface area (Å²) in [4.78, 5) is 34.5. The van der Waals surface area contributed by atoms with Crippen LogP contribution < -0.4 is 14.8 Å². The molecule has 0 heterocycles. The van der Waals surface area contributed by atoms with Gasteiger partial charge in [0, 0.05) is 17.8 Å². The first-order valence-corrected chi connectivity index (χ1v) is 11.0. The van der Waals surface area contributed by atoms with E-state index in [1.54, 1.807) is 18.2 Å². The maximum absolute atomic E-state index is 12.6. The SMILES string of the molecule is COC(=O)c1ccc(NC(=O)/C(C#N)=C/c2cc(Cl)c(OCc3ccc([N+](=O)[O-])cc3)c(OC)c2)cc1. The van der Waals surface area contributed by atoms with Crippen molar-refractivity contribution in [3.63, 3.8) is 0 Å². The van der Waals surface area contributed by atoms with E-state index in [1.165, 1.54) is 62.8 Å². The van der Waals surface area contributed by atoms with Crippen LogP contribution in [-0.2, 0) is 16.1 Å². The van der Waals surface area contributed by atoms with Crippen molar-refractivity contribution in [1.82, 2.24) is 0 Å². The summed E-state index contributed by atoms with van der Waals surface area (Å²) in [5.41, 5.74) is 1.55. The number of benzene rings is 3. The molecule has 0 aliphatic heterocycles. The summed E-state index contributed by atoms with van der Waals surface area (Å²) in [6, 6.07) is 16.8. The Balaban J connectivity index is 1.76. The molecule has 3 aromatic carbocycles. The highest BCUT2D eigenvalue weighted by molar-refractivity contribution is 6.32. The Morgan fingerprint density at radius 2 is 1.78 bits per heavy atom. The Bertz CT molecular complexity index is 1400. The number of methoxy groups -OCH3 is 2. The molecule has 0 atom stereocenters. The maximum atomic E-state index is 12.6. The van der Waals surface area contributed by atoms with E-state index >= 15 is 0 Å². The van der Waals surface area contributed by atoms with Crippen molar-refractivity contribution in [3.8, 4) is 17.6 Å². The van der Waals surface area contributed by atoms with Crippen molar-refractivity contribution in [3.05, 3.63) is 98.1 Å². The van der Waals surface area contributed by atoms with E-state index in [0.29, 0.717) is 22.4 Å². The molecule has 1 N–H and O–H groups in total. The second-order valence-electron chi connectivity index (χ2n) is 7.44. The summed E-state index contributed by atoms with van der Waals surface area (Å²) in [6.45, 7) is 0.0733. The van der Waals surface area contributed by atoms with Crippen molar-refractivity contribution >= 4 is 40.9 Å². The van der Waals surface area contributed by atoms with Crippen molar-refractivity contribution in [2.75, 3.05) is 19.5 Å². The minimum Gasteiger partial charge on any atom is -0.493 e. The molecular weight excluding hydrogens is 502 g/mol. The Labute approximate surface area is 216 Å². The number of rotatable bonds is 9. The molecule has 0 aromatic heterocycles. The van der Waals surface area contributed by atoms with E-state index in [-0.39, 0.29) is 34.4 Å². The second-order valence-corrected chi connectivity index (χ2v) is 7.85. The van der Waals surface area contributed by atoms with Gasteiger partial charge in [0.1, 0.15) is 18.2 Å². The van der Waals surface area contributed by atoms with Crippen molar-refractivity contribution < 1.29 is 28.7 Å². The lowest BCUT2D eigenvalue weighted by atomic mass is 10.1. The van der Waals surface area contributed by atoms with E-state index < -0.39 is 16.8 Å². The van der Waals surface area contributed by atoms with Gasteiger partial charge in [-0.05, 0) is 65.7 Å². The second kappa shape index (κ2) is 12.2. The minimum absolute atomic E-state index is 0.0361. The van der Waals surface area contributed by atoms with Gasteiger partial charge in [-0.3, -0.25) is 14.9 Å². The molecule has 0 fully saturated rings. The zero-order chi connectivity index (χ0) is 26.9. The van der Waals surface area contributed by atoms with Gasteiger partial charge < -0.3 is 19.5 Å². The third-order valence-corrected chi connectivity index (χ3v) is 5.30. The van der Waals surface area contributed by atoms with Gasteiger partial charge in [-0.15, -0.1) is 0 Å². The van der Waals surface area contributed by atoms with Crippen LogP contribution in [0.2, 0.25) is 5.02 Å². The van der Waals surface area contributed by atoms with Gasteiger partial charge in [0.15, 0.2) is 11.5 Å². The molecule has 11 heteroatoms. The summed E-state index contributed by atoms with van der Waals surface area (Å²) in [5.74, 6) is -0.687. The number of nitrogens with one attached hydrogen (secondary N) is 1. The largest absolute Gasteiger partial charge is 0.493 e. The van der Waals surface area contributed by atoms with Gasteiger partial charge in [0.25, 0.3) is 11.6 Å². The van der Waals surface area contributed by atoms with Crippen LogP contribution in [0.4, 0.5) is 11.4 Å². The molecule has 1 amide bonds. The zero-order valence-electron chi connectivity index (χ0n) is 19.7. The highest BCUT2D eigenvalue weighted by Gasteiger charge is 2.15. The highest BCUT2D eigenvalue weighted by atomic mass is 35.5. The number of nitrogens with zero attached hydrogens (tertiary/aromatic N) is 2. The number of anilines is 1. The summed E-state index contributed by atoms with van der Waals surface area (Å²) in [6.07, 6.45) is 1.34. The molecule has 3 rings (SSSR count). The number of nitriles is 1. The van der Waals surface area contributed by atoms with E-state index in [2.05, 4.69) is 10.1 Å². The summed E-state index contributed by atoms with van der Waals surface area (Å²) >= 11 is 6.39. The number of non-ortho nitro benzene ring substituents is 1. The third-order valence-electron chi connectivity index (χ3n) is 5.02. The zero-order valence-corrected chi connectivity index (χ0v) is 20.4. The van der Waals surface area contributed by atoms with Gasteiger partial charge in [-0.2, -0.15) is 5.26 Å². The highest BCUT2D eigenvalue weighted by Crippen LogP contribution is 2.37. The van der Waals surface area contributed by atoms with Crippen molar-refractivity contribution in [2.24, 2.45) is 0 Å². The fourth-order valence-electron chi connectivity index (χ4n) is 3.15. The van der Waals surface area contributed by atoms with Crippen LogP contribution in [0.1, 0.15) is 21.5 Å². The average molecular weight is 522 g/mol. The molecule has 0 saturated heterocycles. The average Bonchev–Trinajstić information content (AvgIpc) is 2.90. The summed E-state index contributed by atoms with van der Waals surface area (Å²) in [5, 5.41) is 23.1. The standard InChI is InChI=1S/C26H20ClN3O7/c1-35-23-13-17(12-22(27)24(23)37-15-16-3-9-21(10-4-16)30(33)34)11-19(14-28)25(31)29-20-7-5-18(6-8-20)26(32)36-2/h3-13H,15H2,1-2H3,(H,29,31)/b19-11+. The summed E-state index contributed by atoms with van der Waals surface area (Å²) in [7, 11) is 2.68. The van der Waals surface area contributed by atoms with Crippen LogP contribution in [-0.4, -0.2) is 31.0 Å². The number of nitro benzene ring substituents is 1. The molecule has 3 aromatic rings. The van der Waals surface area contributed by atoms with Crippen molar-refractivity contribution in [1.29, 1.82) is 5.26 Å². The molecule has 0 spiro atoms. The number of carbonyl (C=O) groups excluding carboxylic acids is 2. The predicted octanol–water partition coefficient (Wildman–Crippen LogP) is 5.17. The van der Waals surface area contributed by atoms with Crippen LogP contribution in [0, 0.1) is 21.4 Å². The van der Waals surface area contributed by atoms with Gasteiger partial charge in [0.2, 0.25) is 0 Å². The predicted molar refractivity (Wildman–Crippen MR) is 135 cm³/mol. The maximum Gasteiger partial charge on any atom is 0.337 e. The number of nitro groups is 1. The fraction of sp³-hybridized carbons (Fsp3) is 0.115. The van der Waals surface area contributed by atoms with Crippen LogP contribution in [0.25, 0.3) is 6.08 Å². The molecule has 0 aliphatic rings. The Kier molecular flexibility index (Phi) is 8.81. The normalized spacial score (nSPS) is 10.7. The first-order chi connectivity index (χ1) is 17.7. The topological polar surface area (TPSA) is 141 Å². The smallest absolute Gasteiger partial charge is 0.337 e. The quantitative estimate of drug-likeness (QED) is 0.134. The Morgan fingerprint density at radius 3 is 2.35 bits per heavy atom. The number of halogens is 1. The van der Waals surface area contributed by atoms with E-state index in [0.717, 1.165) is 0 Å². The number of ether oxygens (including phenoxy) is 3. The van der Waals surface area contributed by atoms with Gasteiger partial charge in [0.05, 0.1) is 29.7 Å². The van der Waals surface area contributed by atoms with Crippen LogP contribution in [0.15, 0.2) is 66.2 Å². The van der Waals surface area contributed by atoms with Crippen LogP contribution in [0.5, 0.6) is 11.5 Å². The lowest BCUT2D eigenvalue weighted by Gasteiger charge is -2.13. The monoisotopic (exact) mass is 521 g/mol. The first-order valence-electron chi connectivity index (χ1n) is 10.6. The molecule has 10 nitrogen and oxygen atoms in total. The minimum atomic E-state index is -0.665. The van der Waals surface area contributed by atoms with E-state index in [1.807, 2.05) is 6.07 Å². The first kappa shape index (κ1) is 26.7. The molecular formula is C26H20ClN3O7. The van der Waals surface area contributed by atoms with Gasteiger partial charge in [-0.25, -0.2) is 4.79 Å². The molecule has 37 heavy (non-hydrogen) atoms. The molecule has 0 unspecified atom stereocenters. The fourth-order valence-corrected chi connectivity index (χ4v) is 3.43. The van der Waals surface area contributed by atoms with Gasteiger partial charge >= 0.3 is 5.97 Å². The van der Waals surface area contributed by atoms with E-state index in [4.69, 9.17) is 21.1 Å². The molecule has 0 saturated carbocycles. The number of hydrogen-bond donors (Lipinski definition) is 1. The Morgan fingerprint density at radius 1 is 1.11 bits per heavy atom. The van der Waals surface area contributed by atoms with Crippen LogP contribution in [0.3, 0.4) is 0 Å². The van der Waals surface area contributed by atoms with E-state index in [9.17, 15) is 25.0 Å². The lowest BCUT2D eigenvalue weighted by Crippen LogP contribution is -2.13. The third kappa shape index (κ3) is 6.84. The number of esters is 1. The van der Waals surface area contributed by atoms with Gasteiger partial charge in [-0.1, -0.05) is 11.6 Å². The van der Waals surface area contributed by atoms with Crippen molar-refractivity contribution in [2.45, 2.75) is 6.61 Å². The molecule has 0 radical (unpaired) electrons. The number of amides is 1. The number of carbonyl (C=O) groups is 2.